The van der Waals surface area contributed by atoms with Crippen LogP contribution in [-0.4, -0.2) is 10.6 Å². The fourth-order valence-corrected chi connectivity index (χ4v) is 9.06. The molecule has 0 unspecified atom stereocenters. The molecule has 0 N–H and O–H groups in total. The molecule has 0 fully saturated rings. The molecular formula is C22H24IP. The van der Waals surface area contributed by atoms with E-state index in [-0.39, 0.29) is 0 Å². The summed E-state index contributed by atoms with van der Waals surface area (Å²) in [4.78, 5) is 0. The van der Waals surface area contributed by atoms with Gasteiger partial charge >= 0.3 is 160 Å². The molecule has 0 nitrogen and oxygen atoms in total. The van der Waals surface area contributed by atoms with E-state index >= 15 is 0 Å². The minimum absolute atomic E-state index is 1.24. The first-order valence-corrected chi connectivity index (χ1v) is 12.3. The van der Waals surface area contributed by atoms with Crippen molar-refractivity contribution in [2.75, 3.05) is 10.6 Å². The Morgan fingerprint density at radius 3 is 1.25 bits per heavy atom. The number of hydrogen-bond donors (Lipinski definition) is 0. The standard InChI is InChI=1S/C22H24IP/c23-18-10-11-19-24(20-12-4-1-5-13-20,21-14-6-2-7-15-21)22-16-8-3-9-17-22/h1-9,12-17,24H,10-11,18-19H2. The molecule has 0 heterocycles. The monoisotopic (exact) mass is 446 g/mol. The summed E-state index contributed by atoms with van der Waals surface area (Å²) in [5.41, 5.74) is 0. The van der Waals surface area contributed by atoms with E-state index in [2.05, 4.69) is 114 Å². The van der Waals surface area contributed by atoms with Gasteiger partial charge in [-0.1, -0.05) is 0 Å². The molecule has 0 aliphatic heterocycles. The van der Waals surface area contributed by atoms with Crippen LogP contribution in [0.5, 0.6) is 0 Å². The second-order valence-corrected chi connectivity index (χ2v) is 11.3. The second kappa shape index (κ2) is 8.78. The van der Waals surface area contributed by atoms with Crippen molar-refractivity contribution >= 4 is 45.8 Å². The van der Waals surface area contributed by atoms with Crippen LogP contribution in [0.3, 0.4) is 0 Å². The van der Waals surface area contributed by atoms with Crippen LogP contribution in [0.1, 0.15) is 12.8 Å². The van der Waals surface area contributed by atoms with Crippen molar-refractivity contribution < 1.29 is 0 Å². The molecule has 124 valence electrons. The molecule has 0 spiro atoms. The Balaban J connectivity index is 2.20. The van der Waals surface area contributed by atoms with E-state index in [1.54, 1.807) is 0 Å². The van der Waals surface area contributed by atoms with E-state index in [0.717, 1.165) is 0 Å². The van der Waals surface area contributed by atoms with Gasteiger partial charge in [0, 0.05) is 0 Å². The maximum absolute atomic E-state index is 2.50. The topological polar surface area (TPSA) is 0 Å². The summed E-state index contributed by atoms with van der Waals surface area (Å²) in [7, 11) is -1.96. The average molecular weight is 446 g/mol. The first-order valence-electron chi connectivity index (χ1n) is 8.60. The van der Waals surface area contributed by atoms with Gasteiger partial charge in [0.15, 0.2) is 0 Å². The predicted octanol–water partition coefficient (Wildman–Crippen LogP) is 4.93. The summed E-state index contributed by atoms with van der Waals surface area (Å²) in [5, 5.41) is 4.57. The molecule has 0 atom stereocenters. The number of unbranched alkanes of at least 4 members (excludes halogenated alkanes) is 1. The summed E-state index contributed by atoms with van der Waals surface area (Å²) in [6, 6.07) is 33.6. The van der Waals surface area contributed by atoms with Crippen molar-refractivity contribution in [2.45, 2.75) is 12.8 Å². The molecule has 0 aliphatic carbocycles. The Morgan fingerprint density at radius 1 is 0.542 bits per heavy atom. The summed E-state index contributed by atoms with van der Waals surface area (Å²) >= 11 is 2.50. The molecule has 3 aromatic carbocycles. The maximum atomic E-state index is 2.50. The Hall–Kier alpha value is -1.18. The average Bonchev–Trinajstić information content (AvgIpc) is 2.68. The third kappa shape index (κ3) is 3.73. The zero-order chi connectivity index (χ0) is 16.7. The van der Waals surface area contributed by atoms with E-state index in [4.69, 9.17) is 0 Å². The molecule has 0 aromatic heterocycles. The molecule has 0 amide bonds. The first kappa shape index (κ1) is 17.6. The zero-order valence-corrected chi connectivity index (χ0v) is 17.0. The van der Waals surface area contributed by atoms with Gasteiger partial charge in [-0.25, -0.2) is 0 Å². The van der Waals surface area contributed by atoms with Crippen LogP contribution in [0.4, 0.5) is 0 Å². The molecule has 3 rings (SSSR count). The number of benzene rings is 3. The summed E-state index contributed by atoms with van der Waals surface area (Å²) in [6.07, 6.45) is 3.85. The minimum atomic E-state index is -1.96. The summed E-state index contributed by atoms with van der Waals surface area (Å²) in [5.74, 6) is 0. The molecule has 0 saturated carbocycles. The molecule has 3 aromatic rings. The Bertz CT molecular complexity index is 629. The number of rotatable bonds is 7. The van der Waals surface area contributed by atoms with Crippen LogP contribution < -0.4 is 15.9 Å². The van der Waals surface area contributed by atoms with Crippen LogP contribution in [0.15, 0.2) is 91.0 Å². The van der Waals surface area contributed by atoms with Crippen molar-refractivity contribution in [1.29, 1.82) is 0 Å². The summed E-state index contributed by atoms with van der Waals surface area (Å²) < 4.78 is 1.24. The summed E-state index contributed by atoms with van der Waals surface area (Å²) in [6.45, 7) is 0. The third-order valence-electron chi connectivity index (χ3n) is 4.74. The van der Waals surface area contributed by atoms with Crippen molar-refractivity contribution in [3.63, 3.8) is 0 Å². The normalized spacial score (nSPS) is 12.0. The Kier molecular flexibility index (Phi) is 6.45. The SMILES string of the molecule is ICCCC[PH](c1ccccc1)(c1ccccc1)c1ccccc1. The fraction of sp³-hybridized carbons (Fsp3) is 0.182. The first-order chi connectivity index (χ1) is 11.9. The molecule has 0 saturated heterocycles. The fourth-order valence-electron chi connectivity index (χ4n) is 3.59. The van der Waals surface area contributed by atoms with Gasteiger partial charge in [-0.2, -0.15) is 0 Å². The van der Waals surface area contributed by atoms with Crippen LogP contribution >= 0.6 is 29.9 Å². The molecule has 24 heavy (non-hydrogen) atoms. The van der Waals surface area contributed by atoms with E-state index in [0.29, 0.717) is 0 Å². The van der Waals surface area contributed by atoms with Gasteiger partial charge in [0.05, 0.1) is 0 Å². The van der Waals surface area contributed by atoms with E-state index in [1.165, 1.54) is 39.3 Å². The zero-order valence-electron chi connectivity index (χ0n) is 13.9. The van der Waals surface area contributed by atoms with Crippen molar-refractivity contribution in [3.8, 4) is 0 Å². The van der Waals surface area contributed by atoms with Crippen molar-refractivity contribution in [3.05, 3.63) is 91.0 Å². The van der Waals surface area contributed by atoms with Crippen LogP contribution in [0.2, 0.25) is 0 Å². The van der Waals surface area contributed by atoms with E-state index in [9.17, 15) is 0 Å². The second-order valence-electron chi connectivity index (χ2n) is 6.15. The predicted molar refractivity (Wildman–Crippen MR) is 120 cm³/mol. The van der Waals surface area contributed by atoms with Crippen LogP contribution in [0, 0.1) is 0 Å². The van der Waals surface area contributed by atoms with Gasteiger partial charge in [-0.15, -0.1) is 0 Å². The number of halogens is 1. The molecule has 2 heteroatoms. The number of hydrogen-bond acceptors (Lipinski definition) is 0. The molecular weight excluding hydrogens is 422 g/mol. The molecule has 0 radical (unpaired) electrons. The van der Waals surface area contributed by atoms with Gasteiger partial charge in [-0.3, -0.25) is 0 Å². The van der Waals surface area contributed by atoms with Crippen molar-refractivity contribution in [2.24, 2.45) is 0 Å². The van der Waals surface area contributed by atoms with Gasteiger partial charge in [0.25, 0.3) is 0 Å². The van der Waals surface area contributed by atoms with Gasteiger partial charge in [0.2, 0.25) is 0 Å². The molecule has 0 aliphatic rings. The van der Waals surface area contributed by atoms with Gasteiger partial charge in [0.1, 0.15) is 0 Å². The Labute approximate surface area is 159 Å². The van der Waals surface area contributed by atoms with Crippen LogP contribution in [0.25, 0.3) is 0 Å². The number of alkyl halides is 1. The van der Waals surface area contributed by atoms with Gasteiger partial charge < -0.3 is 0 Å². The van der Waals surface area contributed by atoms with Crippen LogP contribution in [-0.2, 0) is 0 Å². The third-order valence-corrected chi connectivity index (χ3v) is 10.6. The van der Waals surface area contributed by atoms with Gasteiger partial charge in [-0.05, 0) is 0 Å². The Morgan fingerprint density at radius 2 is 0.917 bits per heavy atom. The molecule has 0 bridgehead atoms. The van der Waals surface area contributed by atoms with E-state index in [1.807, 2.05) is 0 Å². The quantitative estimate of drug-likeness (QED) is 0.209. The van der Waals surface area contributed by atoms with E-state index < -0.39 is 7.26 Å². The van der Waals surface area contributed by atoms with Crippen molar-refractivity contribution in [1.82, 2.24) is 0 Å².